The molecule has 176 valence electrons. The second kappa shape index (κ2) is 11.6. The fraction of sp³-hybridized carbons (Fsp3) is 0.462. The maximum absolute atomic E-state index is 11.9. The molecule has 2 heterocycles. The Bertz CT molecular complexity index is 1120. The summed E-state index contributed by atoms with van der Waals surface area (Å²) in [4.78, 5) is 4.39. The van der Waals surface area contributed by atoms with Gasteiger partial charge in [-0.2, -0.15) is 5.26 Å². The molecule has 3 unspecified atom stereocenters. The fourth-order valence-electron chi connectivity index (χ4n) is 4.64. The monoisotopic (exact) mass is 576 g/mol. The topological polar surface area (TPSA) is 66.2 Å². The molecule has 0 N–H and O–H groups in total. The molecule has 0 amide bonds. The predicted molar refractivity (Wildman–Crippen MR) is 143 cm³/mol. The summed E-state index contributed by atoms with van der Waals surface area (Å²) in [6.07, 6.45) is 18.4. The van der Waals surface area contributed by atoms with Crippen LogP contribution in [0.15, 0.2) is 60.1 Å². The van der Waals surface area contributed by atoms with Crippen molar-refractivity contribution in [2.45, 2.75) is 51.6 Å². The van der Waals surface area contributed by atoms with E-state index in [2.05, 4.69) is 57.7 Å². The van der Waals surface area contributed by atoms with Gasteiger partial charge in [-0.3, -0.25) is 4.98 Å². The SMILES string of the molecule is CC[S-](=O)=IN1C=CC(OCC2=CC(C3=CC=C(CC#N)CC3)C(C)c3ccncc32)CC1. The zero-order valence-corrected chi connectivity index (χ0v) is 22.2. The molecule has 1 aliphatic heterocycles. The number of hydrogen-bond donors (Lipinski definition) is 0. The third-order valence-corrected chi connectivity index (χ3v) is 12.8. The largest absolute Gasteiger partial charge is 0.454 e. The first kappa shape index (κ1) is 24.4. The van der Waals surface area contributed by atoms with Crippen LogP contribution in [0.25, 0.3) is 5.57 Å². The molecule has 0 bridgehead atoms. The summed E-state index contributed by atoms with van der Waals surface area (Å²) in [6.45, 7) is 5.77. The first-order valence-corrected chi connectivity index (χ1v) is 16.4. The number of hydrogen-bond acceptors (Lipinski definition) is 5. The number of ether oxygens (including phenoxy) is 1. The number of rotatable bonds is 7. The molecule has 0 saturated heterocycles. The molecule has 5 nitrogen and oxygen atoms in total. The van der Waals surface area contributed by atoms with Crippen molar-refractivity contribution in [3.63, 3.8) is 0 Å². The van der Waals surface area contributed by atoms with Crippen LogP contribution >= 0.6 is 19.5 Å². The number of allylic oxidation sites excluding steroid dienone is 5. The molecule has 0 spiro atoms. The van der Waals surface area contributed by atoms with E-state index in [9.17, 15) is 4.21 Å². The first-order valence-electron chi connectivity index (χ1n) is 11.6. The second-order valence-corrected chi connectivity index (χ2v) is 15.3. The molecular formula is C26H31IN3O2S-. The third-order valence-electron chi connectivity index (χ3n) is 6.55. The zero-order chi connectivity index (χ0) is 23.2. The van der Waals surface area contributed by atoms with Crippen molar-refractivity contribution in [2.24, 2.45) is 5.92 Å². The minimum Gasteiger partial charge on any atom is -0.454 e. The van der Waals surface area contributed by atoms with Gasteiger partial charge in [0, 0.05) is 36.6 Å². The Morgan fingerprint density at radius 3 is 2.94 bits per heavy atom. The van der Waals surface area contributed by atoms with Gasteiger partial charge in [-0.15, -0.1) is 25.3 Å². The molecule has 0 fully saturated rings. The third kappa shape index (κ3) is 6.03. The maximum Gasteiger partial charge on any atom is 0.0794 e. The lowest BCUT2D eigenvalue weighted by molar-refractivity contribution is 0.0994. The molecule has 3 aliphatic rings. The smallest absolute Gasteiger partial charge is 0.0794 e. The molecule has 1 aromatic heterocycles. The Hall–Kier alpha value is -1.76. The van der Waals surface area contributed by atoms with Gasteiger partial charge in [0.05, 0.1) is 25.2 Å². The molecule has 4 rings (SSSR count). The summed E-state index contributed by atoms with van der Waals surface area (Å²) in [5.41, 5.74) is 6.41. The van der Waals surface area contributed by atoms with E-state index in [-0.39, 0.29) is 6.10 Å². The number of pyridine rings is 1. The van der Waals surface area contributed by atoms with Crippen molar-refractivity contribution in [1.29, 1.82) is 5.26 Å². The van der Waals surface area contributed by atoms with Gasteiger partial charge in [0.1, 0.15) is 0 Å². The van der Waals surface area contributed by atoms with Crippen molar-refractivity contribution in [3.05, 3.63) is 71.2 Å². The van der Waals surface area contributed by atoms with Crippen LogP contribution in [0.3, 0.4) is 0 Å². The quantitative estimate of drug-likeness (QED) is 0.222. The lowest BCUT2D eigenvalue weighted by atomic mass is 9.72. The Kier molecular flexibility index (Phi) is 8.55. The molecule has 3 atom stereocenters. The molecule has 33 heavy (non-hydrogen) atoms. The van der Waals surface area contributed by atoms with Gasteiger partial charge in [-0.1, -0.05) is 43.2 Å². The predicted octanol–water partition coefficient (Wildman–Crippen LogP) is 6.15. The van der Waals surface area contributed by atoms with E-state index in [1.807, 2.05) is 19.3 Å². The Balaban J connectivity index is 1.50. The summed E-state index contributed by atoms with van der Waals surface area (Å²) in [6, 6.07) is 4.42. The average molecular weight is 577 g/mol. The van der Waals surface area contributed by atoms with Crippen molar-refractivity contribution in [1.82, 2.24) is 8.10 Å². The molecular weight excluding hydrogens is 545 g/mol. The highest BCUT2D eigenvalue weighted by molar-refractivity contribution is 14.2. The lowest BCUT2D eigenvalue weighted by Gasteiger charge is -2.33. The number of halogens is 1. The van der Waals surface area contributed by atoms with Gasteiger partial charge >= 0.3 is 0 Å². The molecule has 7 heteroatoms. The fourth-order valence-corrected chi connectivity index (χ4v) is 9.03. The molecule has 0 aromatic carbocycles. The van der Waals surface area contributed by atoms with Crippen molar-refractivity contribution in [2.75, 3.05) is 18.9 Å². The standard InChI is InChI=1S/C26H31IN3O2S/c1-3-33(31)27-30-14-10-23(11-15-30)32-18-22-16-25(19(2)24-9-13-29-17-26(22)24)21-6-4-20(5-7-21)8-12-28/h4,6,9-10,13-14,16-17,19,23,25H,3,5,7-8,11,15,18H2,1-2H3/q-1. The van der Waals surface area contributed by atoms with Crippen LogP contribution in [0, 0.1) is 17.2 Å². The van der Waals surface area contributed by atoms with Crippen LogP contribution < -0.4 is 0 Å². The average Bonchev–Trinajstić information content (AvgIpc) is 2.85. The van der Waals surface area contributed by atoms with Gasteiger partial charge in [0.25, 0.3) is 0 Å². The van der Waals surface area contributed by atoms with Crippen LogP contribution in [-0.4, -0.2) is 33.1 Å². The van der Waals surface area contributed by atoms with Gasteiger partial charge in [0.2, 0.25) is 0 Å². The van der Waals surface area contributed by atoms with Crippen molar-refractivity contribution >= 4 is 32.6 Å². The number of aromatic nitrogens is 1. The Morgan fingerprint density at radius 2 is 2.24 bits per heavy atom. The van der Waals surface area contributed by atoms with Gasteiger partial charge < -0.3 is 12.1 Å². The Labute approximate surface area is 207 Å². The van der Waals surface area contributed by atoms with E-state index in [4.69, 9.17) is 10.00 Å². The van der Waals surface area contributed by atoms with Gasteiger partial charge in [-0.25, -0.2) is 7.45 Å². The van der Waals surface area contributed by atoms with Crippen LogP contribution in [0.4, 0.5) is 0 Å². The van der Waals surface area contributed by atoms with E-state index in [1.54, 1.807) is 0 Å². The summed E-state index contributed by atoms with van der Waals surface area (Å²) < 4.78 is 20.4. The van der Waals surface area contributed by atoms with E-state index >= 15 is 0 Å². The lowest BCUT2D eigenvalue weighted by Crippen LogP contribution is -2.24. The van der Waals surface area contributed by atoms with Crippen molar-refractivity contribution in [3.8, 4) is 6.07 Å². The summed E-state index contributed by atoms with van der Waals surface area (Å²) in [5, 5.41) is 8.99. The Morgan fingerprint density at radius 1 is 1.36 bits per heavy atom. The van der Waals surface area contributed by atoms with Gasteiger partial charge in [-0.05, 0) is 48.5 Å². The minimum atomic E-state index is -0.679. The first-order chi connectivity index (χ1) is 16.1. The van der Waals surface area contributed by atoms with Crippen molar-refractivity contribution < 1.29 is 8.95 Å². The second-order valence-electron chi connectivity index (χ2n) is 8.62. The highest BCUT2D eigenvalue weighted by Gasteiger charge is 2.30. The summed E-state index contributed by atoms with van der Waals surface area (Å²) in [7, 11) is -0.679. The summed E-state index contributed by atoms with van der Waals surface area (Å²) in [5.74, 6) is 1.46. The highest BCUT2D eigenvalue weighted by atomic mass is 127. The van der Waals surface area contributed by atoms with E-state index in [0.29, 0.717) is 24.9 Å². The molecule has 1 aromatic rings. The number of fused-ring (bicyclic) bond motifs is 1. The zero-order valence-electron chi connectivity index (χ0n) is 19.2. The van der Waals surface area contributed by atoms with Crippen LogP contribution in [0.1, 0.15) is 56.6 Å². The van der Waals surface area contributed by atoms with E-state index in [0.717, 1.165) is 31.6 Å². The molecule has 0 radical (unpaired) electrons. The summed E-state index contributed by atoms with van der Waals surface area (Å²) >= 11 is -0.447. The maximum atomic E-state index is 11.9. The molecule has 0 saturated carbocycles. The van der Waals surface area contributed by atoms with E-state index in [1.165, 1.54) is 27.8 Å². The minimum absolute atomic E-state index is 0.0875. The molecule has 2 aliphatic carbocycles. The van der Waals surface area contributed by atoms with E-state index < -0.39 is 27.0 Å². The highest BCUT2D eigenvalue weighted by Crippen LogP contribution is 2.43. The van der Waals surface area contributed by atoms with Crippen LogP contribution in [-0.2, 0) is 16.4 Å². The normalized spacial score (nSPS) is 25.8. The van der Waals surface area contributed by atoms with Crippen LogP contribution in [0.5, 0.6) is 0 Å². The number of nitrogens with zero attached hydrogens (tertiary/aromatic N) is 3. The number of nitriles is 1. The van der Waals surface area contributed by atoms with Gasteiger partial charge in [0.15, 0.2) is 0 Å². The van der Waals surface area contributed by atoms with Crippen LogP contribution in [0.2, 0.25) is 0 Å².